The maximum absolute atomic E-state index is 13.6. The molecule has 4 nitrogen and oxygen atoms in total. The molecule has 0 spiro atoms. The molecule has 142 valence electrons. The van der Waals surface area contributed by atoms with E-state index in [1.807, 2.05) is 0 Å². The highest BCUT2D eigenvalue weighted by Crippen LogP contribution is 2.12. The lowest BCUT2D eigenvalue weighted by atomic mass is 10.1. The number of halogens is 2. The fourth-order valence-electron chi connectivity index (χ4n) is 2.62. The van der Waals surface area contributed by atoms with Crippen LogP contribution in [0.25, 0.3) is 0 Å². The number of anilines is 1. The van der Waals surface area contributed by atoms with Crippen molar-refractivity contribution < 1.29 is 18.4 Å². The van der Waals surface area contributed by atoms with E-state index >= 15 is 0 Å². The molecule has 0 bridgehead atoms. The molecule has 28 heavy (non-hydrogen) atoms. The SMILES string of the molecule is O=C(NCCc1ccccc1F)c1ccc(C(=O)Nc2ccc(F)cc2)cc1. The van der Waals surface area contributed by atoms with Crippen LogP contribution in [0, 0.1) is 11.6 Å². The molecule has 0 atom stereocenters. The number of carbonyl (C=O) groups is 2. The zero-order chi connectivity index (χ0) is 19.9. The predicted molar refractivity (Wildman–Crippen MR) is 103 cm³/mol. The van der Waals surface area contributed by atoms with Crippen LogP contribution in [-0.2, 0) is 6.42 Å². The van der Waals surface area contributed by atoms with E-state index in [4.69, 9.17) is 0 Å². The summed E-state index contributed by atoms with van der Waals surface area (Å²) in [6, 6.07) is 18.0. The fraction of sp³-hybridized carbons (Fsp3) is 0.0909. The molecular formula is C22H18F2N2O2. The molecule has 2 N–H and O–H groups in total. The third-order valence-electron chi connectivity index (χ3n) is 4.15. The second-order valence-electron chi connectivity index (χ2n) is 6.14. The standard InChI is InChI=1S/C22H18F2N2O2/c23-18-9-11-19(12-10-18)26-22(28)17-7-5-16(6-8-17)21(27)25-14-13-15-3-1-2-4-20(15)24/h1-12H,13-14H2,(H,25,27)(H,26,28). The molecular weight excluding hydrogens is 362 g/mol. The van der Waals surface area contributed by atoms with Crippen LogP contribution in [0.2, 0.25) is 0 Å². The van der Waals surface area contributed by atoms with Crippen molar-refractivity contribution in [2.24, 2.45) is 0 Å². The molecule has 0 aliphatic carbocycles. The average Bonchev–Trinajstić information content (AvgIpc) is 2.71. The lowest BCUT2D eigenvalue weighted by molar-refractivity contribution is 0.0952. The summed E-state index contributed by atoms with van der Waals surface area (Å²) in [5.74, 6) is -1.35. The Bertz CT molecular complexity index is 971. The zero-order valence-corrected chi connectivity index (χ0v) is 14.9. The number of rotatable bonds is 6. The van der Waals surface area contributed by atoms with Gasteiger partial charge in [-0.25, -0.2) is 8.78 Å². The van der Waals surface area contributed by atoms with E-state index in [9.17, 15) is 18.4 Å². The summed E-state index contributed by atoms with van der Waals surface area (Å²) in [6.45, 7) is 0.298. The van der Waals surface area contributed by atoms with Crippen LogP contribution < -0.4 is 10.6 Å². The number of benzene rings is 3. The van der Waals surface area contributed by atoms with Crippen LogP contribution in [-0.4, -0.2) is 18.4 Å². The molecule has 0 saturated heterocycles. The van der Waals surface area contributed by atoms with Crippen molar-refractivity contribution >= 4 is 17.5 Å². The highest BCUT2D eigenvalue weighted by atomic mass is 19.1. The topological polar surface area (TPSA) is 58.2 Å². The van der Waals surface area contributed by atoms with Crippen molar-refractivity contribution in [3.05, 3.63) is 101 Å². The Kier molecular flexibility index (Phi) is 6.11. The predicted octanol–water partition coefficient (Wildman–Crippen LogP) is 4.19. The Morgan fingerprint density at radius 1 is 0.750 bits per heavy atom. The second-order valence-corrected chi connectivity index (χ2v) is 6.14. The van der Waals surface area contributed by atoms with Gasteiger partial charge in [0.15, 0.2) is 0 Å². The first-order valence-corrected chi connectivity index (χ1v) is 8.71. The maximum Gasteiger partial charge on any atom is 0.255 e. The molecule has 0 heterocycles. The van der Waals surface area contributed by atoms with Crippen molar-refractivity contribution in [2.75, 3.05) is 11.9 Å². The molecule has 0 unspecified atom stereocenters. The van der Waals surface area contributed by atoms with Crippen molar-refractivity contribution in [3.8, 4) is 0 Å². The van der Waals surface area contributed by atoms with Gasteiger partial charge < -0.3 is 10.6 Å². The van der Waals surface area contributed by atoms with Gasteiger partial charge in [-0.15, -0.1) is 0 Å². The van der Waals surface area contributed by atoms with E-state index in [1.165, 1.54) is 54.6 Å². The van der Waals surface area contributed by atoms with E-state index in [-0.39, 0.29) is 23.4 Å². The van der Waals surface area contributed by atoms with E-state index in [2.05, 4.69) is 10.6 Å². The van der Waals surface area contributed by atoms with Gasteiger partial charge >= 0.3 is 0 Å². The molecule has 0 saturated carbocycles. The van der Waals surface area contributed by atoms with Gasteiger partial charge in [0.05, 0.1) is 0 Å². The van der Waals surface area contributed by atoms with E-state index in [0.29, 0.717) is 35.3 Å². The minimum Gasteiger partial charge on any atom is -0.352 e. The van der Waals surface area contributed by atoms with Gasteiger partial charge in [-0.2, -0.15) is 0 Å². The van der Waals surface area contributed by atoms with Crippen LogP contribution in [0.4, 0.5) is 14.5 Å². The first-order chi connectivity index (χ1) is 13.5. The minimum atomic E-state index is -0.386. The summed E-state index contributed by atoms with van der Waals surface area (Å²) in [4.78, 5) is 24.4. The van der Waals surface area contributed by atoms with Crippen molar-refractivity contribution in [1.29, 1.82) is 0 Å². The first kappa shape index (κ1) is 19.2. The summed E-state index contributed by atoms with van der Waals surface area (Å²) >= 11 is 0. The summed E-state index contributed by atoms with van der Waals surface area (Å²) in [7, 11) is 0. The third-order valence-corrected chi connectivity index (χ3v) is 4.15. The summed E-state index contributed by atoms with van der Waals surface area (Å²) < 4.78 is 26.5. The molecule has 0 aliphatic heterocycles. The molecule has 0 fully saturated rings. The van der Waals surface area contributed by atoms with Gasteiger partial charge in [-0.3, -0.25) is 9.59 Å². The van der Waals surface area contributed by atoms with Gasteiger partial charge in [-0.1, -0.05) is 18.2 Å². The minimum absolute atomic E-state index is 0.298. The highest BCUT2D eigenvalue weighted by Gasteiger charge is 2.10. The molecule has 0 aromatic heterocycles. The van der Waals surface area contributed by atoms with Crippen LogP contribution in [0.3, 0.4) is 0 Å². The zero-order valence-electron chi connectivity index (χ0n) is 14.9. The van der Waals surface area contributed by atoms with Gasteiger partial charge in [0.1, 0.15) is 11.6 Å². The molecule has 0 aliphatic rings. The summed E-state index contributed by atoms with van der Waals surface area (Å²) in [5, 5.41) is 5.38. The molecule has 3 aromatic carbocycles. The molecule has 6 heteroatoms. The van der Waals surface area contributed by atoms with E-state index in [1.54, 1.807) is 18.2 Å². The Labute approximate surface area is 161 Å². The quantitative estimate of drug-likeness (QED) is 0.674. The molecule has 3 aromatic rings. The van der Waals surface area contributed by atoms with Crippen LogP contribution in [0.1, 0.15) is 26.3 Å². The van der Waals surface area contributed by atoms with Crippen molar-refractivity contribution in [2.45, 2.75) is 6.42 Å². The van der Waals surface area contributed by atoms with E-state index in [0.717, 1.165) is 0 Å². The van der Waals surface area contributed by atoms with Crippen molar-refractivity contribution in [1.82, 2.24) is 5.32 Å². The number of nitrogens with one attached hydrogen (secondary N) is 2. The molecule has 0 radical (unpaired) electrons. The fourth-order valence-corrected chi connectivity index (χ4v) is 2.62. The average molecular weight is 380 g/mol. The second kappa shape index (κ2) is 8.90. The van der Waals surface area contributed by atoms with Crippen LogP contribution in [0.5, 0.6) is 0 Å². The number of hydrogen-bond donors (Lipinski definition) is 2. The van der Waals surface area contributed by atoms with E-state index < -0.39 is 0 Å². The van der Waals surface area contributed by atoms with Gasteiger partial charge in [0.2, 0.25) is 0 Å². The van der Waals surface area contributed by atoms with Crippen molar-refractivity contribution in [3.63, 3.8) is 0 Å². The van der Waals surface area contributed by atoms with Gasteiger partial charge in [0.25, 0.3) is 11.8 Å². The largest absolute Gasteiger partial charge is 0.352 e. The number of hydrogen-bond acceptors (Lipinski definition) is 2. The highest BCUT2D eigenvalue weighted by molar-refractivity contribution is 6.05. The normalized spacial score (nSPS) is 10.4. The Balaban J connectivity index is 1.54. The first-order valence-electron chi connectivity index (χ1n) is 8.71. The number of carbonyl (C=O) groups excluding carboxylic acids is 2. The lowest BCUT2D eigenvalue weighted by Gasteiger charge is -2.08. The van der Waals surface area contributed by atoms with Crippen LogP contribution in [0.15, 0.2) is 72.8 Å². The smallest absolute Gasteiger partial charge is 0.255 e. The Morgan fingerprint density at radius 3 is 2.00 bits per heavy atom. The Hall–Kier alpha value is -3.54. The Morgan fingerprint density at radius 2 is 1.36 bits per heavy atom. The summed E-state index contributed by atoms with van der Waals surface area (Å²) in [5.41, 5.74) is 1.77. The maximum atomic E-state index is 13.6. The van der Waals surface area contributed by atoms with Crippen LogP contribution >= 0.6 is 0 Å². The molecule has 2 amide bonds. The third kappa shape index (κ3) is 5.01. The lowest BCUT2D eigenvalue weighted by Crippen LogP contribution is -2.26. The molecule has 3 rings (SSSR count). The summed E-state index contributed by atoms with van der Waals surface area (Å²) in [6.07, 6.45) is 0.385. The van der Waals surface area contributed by atoms with Gasteiger partial charge in [-0.05, 0) is 66.6 Å². The van der Waals surface area contributed by atoms with Gasteiger partial charge in [0, 0.05) is 23.4 Å². The number of amides is 2. The monoisotopic (exact) mass is 380 g/mol.